The molecule has 1 atom stereocenters. The van der Waals surface area contributed by atoms with Crippen LogP contribution in [0.3, 0.4) is 0 Å². The fraction of sp³-hybridized carbons (Fsp3) is 0.412. The number of piperazine rings is 1. The number of hydrogen-bond donors (Lipinski definition) is 1. The van der Waals surface area contributed by atoms with Crippen molar-refractivity contribution in [2.45, 2.75) is 12.6 Å². The molecule has 1 N–H and O–H groups in total. The lowest BCUT2D eigenvalue weighted by Gasteiger charge is -2.35. The normalized spacial score (nSPS) is 19.7. The van der Waals surface area contributed by atoms with E-state index < -0.39 is 24.5 Å². The molecule has 9 heteroatoms. The van der Waals surface area contributed by atoms with Gasteiger partial charge in [-0.2, -0.15) is 0 Å². The minimum atomic E-state index is -1.16. The quantitative estimate of drug-likeness (QED) is 0.701. The number of urea groups is 1. The van der Waals surface area contributed by atoms with Crippen molar-refractivity contribution in [1.82, 2.24) is 14.7 Å². The van der Waals surface area contributed by atoms with E-state index in [0.29, 0.717) is 0 Å². The van der Waals surface area contributed by atoms with Crippen LogP contribution in [0.5, 0.6) is 0 Å². The molecule has 9 nitrogen and oxygen atoms in total. The molecule has 2 heterocycles. The van der Waals surface area contributed by atoms with Crippen molar-refractivity contribution in [3.8, 4) is 0 Å². The van der Waals surface area contributed by atoms with Gasteiger partial charge in [-0.3, -0.25) is 14.5 Å². The van der Waals surface area contributed by atoms with Gasteiger partial charge in [0.2, 0.25) is 5.91 Å². The molecule has 1 aromatic rings. The molecule has 2 aliphatic heterocycles. The molecule has 2 fully saturated rings. The number of rotatable bonds is 6. The van der Waals surface area contributed by atoms with Crippen LogP contribution in [0.2, 0.25) is 0 Å². The highest BCUT2D eigenvalue weighted by molar-refractivity contribution is 6.04. The molecular formula is C17H19N3O6. The Hall–Kier alpha value is -2.94. The number of nitrogens with zero attached hydrogens (tertiary/aromatic N) is 3. The molecule has 0 spiro atoms. The Kier molecular flexibility index (Phi) is 5.17. The number of carboxylic acid groups (broad SMARTS) is 1. The van der Waals surface area contributed by atoms with E-state index in [2.05, 4.69) is 0 Å². The summed E-state index contributed by atoms with van der Waals surface area (Å²) in [5, 5.41) is 8.53. The van der Waals surface area contributed by atoms with Crippen LogP contribution < -0.4 is 0 Å². The summed E-state index contributed by atoms with van der Waals surface area (Å²) >= 11 is 0. The van der Waals surface area contributed by atoms with E-state index in [-0.39, 0.29) is 44.7 Å². The maximum Gasteiger partial charge on any atom is 0.329 e. The van der Waals surface area contributed by atoms with E-state index >= 15 is 0 Å². The highest BCUT2D eigenvalue weighted by Gasteiger charge is 2.48. The fourth-order valence-electron chi connectivity index (χ4n) is 3.11. The van der Waals surface area contributed by atoms with Crippen LogP contribution in [0.25, 0.3) is 0 Å². The molecular weight excluding hydrogens is 342 g/mol. The van der Waals surface area contributed by atoms with Crippen molar-refractivity contribution in [2.75, 3.05) is 32.8 Å². The number of carboxylic acids is 1. The number of imide groups is 1. The van der Waals surface area contributed by atoms with Gasteiger partial charge in [0.25, 0.3) is 5.91 Å². The Morgan fingerprint density at radius 2 is 1.85 bits per heavy atom. The standard InChI is InChI=1S/C17H19N3O6/c21-14(10-26-11-15(22)23)18-6-7-19-13(9-18)16(24)20(17(19)25)8-12-4-2-1-3-5-12/h1-5,13H,6-11H2,(H,22,23). The third kappa shape index (κ3) is 3.67. The van der Waals surface area contributed by atoms with Gasteiger partial charge in [-0.15, -0.1) is 0 Å². The van der Waals surface area contributed by atoms with Crippen LogP contribution in [0, 0.1) is 0 Å². The number of carbonyl (C=O) groups excluding carboxylic acids is 3. The van der Waals surface area contributed by atoms with Gasteiger partial charge in [0, 0.05) is 13.1 Å². The zero-order valence-electron chi connectivity index (χ0n) is 14.0. The lowest BCUT2D eigenvalue weighted by atomic mass is 10.1. The summed E-state index contributed by atoms with van der Waals surface area (Å²) in [5.74, 6) is -1.88. The number of hydrogen-bond acceptors (Lipinski definition) is 5. The fourth-order valence-corrected chi connectivity index (χ4v) is 3.11. The van der Waals surface area contributed by atoms with Gasteiger partial charge in [0.1, 0.15) is 19.3 Å². The number of fused-ring (bicyclic) bond motifs is 1. The smallest absolute Gasteiger partial charge is 0.329 e. The number of amides is 4. The first-order chi connectivity index (χ1) is 12.5. The van der Waals surface area contributed by atoms with Crippen LogP contribution in [-0.4, -0.2) is 82.5 Å². The first kappa shape index (κ1) is 17.9. The molecule has 26 heavy (non-hydrogen) atoms. The van der Waals surface area contributed by atoms with Crippen LogP contribution in [0.15, 0.2) is 30.3 Å². The second kappa shape index (κ2) is 7.52. The summed E-state index contributed by atoms with van der Waals surface area (Å²) < 4.78 is 4.80. The van der Waals surface area contributed by atoms with E-state index in [4.69, 9.17) is 9.84 Å². The maximum absolute atomic E-state index is 12.6. The molecule has 2 aliphatic rings. The second-order valence-electron chi connectivity index (χ2n) is 6.13. The molecule has 0 radical (unpaired) electrons. The Morgan fingerprint density at radius 1 is 1.12 bits per heavy atom. The van der Waals surface area contributed by atoms with Crippen molar-refractivity contribution in [3.63, 3.8) is 0 Å². The van der Waals surface area contributed by atoms with Crippen molar-refractivity contribution in [1.29, 1.82) is 0 Å². The Morgan fingerprint density at radius 3 is 2.54 bits per heavy atom. The molecule has 0 bridgehead atoms. The van der Waals surface area contributed by atoms with Gasteiger partial charge < -0.3 is 19.6 Å². The highest BCUT2D eigenvalue weighted by atomic mass is 16.5. The molecule has 3 rings (SSSR count). The highest BCUT2D eigenvalue weighted by Crippen LogP contribution is 2.24. The molecule has 1 unspecified atom stereocenters. The monoisotopic (exact) mass is 361 g/mol. The first-order valence-corrected chi connectivity index (χ1v) is 8.20. The minimum absolute atomic E-state index is 0.0884. The summed E-state index contributed by atoms with van der Waals surface area (Å²) in [6, 6.07) is 8.16. The molecule has 1 aromatic carbocycles. The van der Waals surface area contributed by atoms with Gasteiger partial charge in [-0.05, 0) is 5.56 Å². The van der Waals surface area contributed by atoms with Crippen LogP contribution in [0.4, 0.5) is 4.79 Å². The zero-order chi connectivity index (χ0) is 18.7. The second-order valence-corrected chi connectivity index (χ2v) is 6.13. The van der Waals surface area contributed by atoms with Gasteiger partial charge in [-0.25, -0.2) is 9.59 Å². The maximum atomic E-state index is 12.6. The largest absolute Gasteiger partial charge is 0.480 e. The Bertz CT molecular complexity index is 722. The van der Waals surface area contributed by atoms with Crippen molar-refractivity contribution < 1.29 is 29.0 Å². The number of ether oxygens (including phenoxy) is 1. The lowest BCUT2D eigenvalue weighted by molar-refractivity contribution is -0.146. The van der Waals surface area contributed by atoms with Crippen LogP contribution in [0.1, 0.15) is 5.56 Å². The molecule has 0 aliphatic carbocycles. The van der Waals surface area contributed by atoms with E-state index in [1.165, 1.54) is 14.7 Å². The molecule has 0 saturated carbocycles. The third-order valence-electron chi connectivity index (χ3n) is 4.40. The predicted octanol–water partition coefficient (Wildman–Crippen LogP) is -0.237. The summed E-state index contributed by atoms with van der Waals surface area (Å²) in [7, 11) is 0. The van der Waals surface area contributed by atoms with Crippen molar-refractivity contribution in [3.05, 3.63) is 35.9 Å². The van der Waals surface area contributed by atoms with Crippen LogP contribution in [-0.2, 0) is 25.7 Å². The van der Waals surface area contributed by atoms with E-state index in [0.717, 1.165) is 5.56 Å². The third-order valence-corrected chi connectivity index (χ3v) is 4.40. The summed E-state index contributed by atoms with van der Waals surface area (Å²) in [6.45, 7) is -0.103. The predicted molar refractivity (Wildman–Crippen MR) is 87.9 cm³/mol. The average Bonchev–Trinajstić information content (AvgIpc) is 2.87. The summed E-state index contributed by atoms with van der Waals surface area (Å²) in [4.78, 5) is 51.8. The first-order valence-electron chi connectivity index (χ1n) is 8.20. The SMILES string of the molecule is O=C(O)COCC(=O)N1CCN2C(=O)N(Cc3ccccc3)C(=O)C2C1. The average molecular weight is 361 g/mol. The van der Waals surface area contributed by atoms with Crippen LogP contribution >= 0.6 is 0 Å². The van der Waals surface area contributed by atoms with Gasteiger partial charge >= 0.3 is 12.0 Å². The zero-order valence-corrected chi connectivity index (χ0v) is 14.0. The number of aliphatic carboxylic acids is 1. The van der Waals surface area contributed by atoms with Gasteiger partial charge in [0.05, 0.1) is 13.1 Å². The number of carbonyl (C=O) groups is 4. The van der Waals surface area contributed by atoms with Crippen molar-refractivity contribution >= 4 is 23.8 Å². The van der Waals surface area contributed by atoms with Gasteiger partial charge in [-0.1, -0.05) is 30.3 Å². The van der Waals surface area contributed by atoms with E-state index in [1.807, 2.05) is 30.3 Å². The molecule has 4 amide bonds. The lowest BCUT2D eigenvalue weighted by Crippen LogP contribution is -2.55. The minimum Gasteiger partial charge on any atom is -0.480 e. The van der Waals surface area contributed by atoms with E-state index in [1.54, 1.807) is 0 Å². The summed E-state index contributed by atoms with van der Waals surface area (Å²) in [6.07, 6.45) is 0. The van der Waals surface area contributed by atoms with E-state index in [9.17, 15) is 19.2 Å². The van der Waals surface area contributed by atoms with Crippen molar-refractivity contribution in [2.24, 2.45) is 0 Å². The molecule has 138 valence electrons. The molecule has 2 saturated heterocycles. The Labute approximate surface area is 149 Å². The Balaban J connectivity index is 1.62. The number of benzene rings is 1. The summed E-state index contributed by atoms with van der Waals surface area (Å²) in [5.41, 5.74) is 0.851. The topological polar surface area (TPSA) is 107 Å². The van der Waals surface area contributed by atoms with Gasteiger partial charge in [0.15, 0.2) is 0 Å². The molecule has 0 aromatic heterocycles.